The Morgan fingerprint density at radius 1 is 1.15 bits per heavy atom. The van der Waals surface area contributed by atoms with E-state index < -0.39 is 5.82 Å². The number of anilines is 2. The second-order valence-corrected chi connectivity index (χ2v) is 6.55. The molecule has 1 amide bonds. The van der Waals surface area contributed by atoms with Crippen LogP contribution in [0, 0.1) is 5.82 Å². The fourth-order valence-corrected chi connectivity index (χ4v) is 3.12. The number of hydrogen-bond donors (Lipinski definition) is 1. The van der Waals surface area contributed by atoms with E-state index in [1.807, 2.05) is 24.3 Å². The maximum absolute atomic E-state index is 13.2. The third-order valence-corrected chi connectivity index (χ3v) is 4.67. The molecule has 2 aromatic rings. The van der Waals surface area contributed by atoms with E-state index in [0.717, 1.165) is 37.6 Å². The number of amides is 1. The number of rotatable bonds is 5. The molecule has 1 N–H and O–H groups in total. The van der Waals surface area contributed by atoms with Crippen molar-refractivity contribution in [3.63, 3.8) is 0 Å². The zero-order chi connectivity index (χ0) is 18.5. The van der Waals surface area contributed by atoms with E-state index >= 15 is 0 Å². The highest BCUT2D eigenvalue weighted by Gasteiger charge is 2.19. The largest absolute Gasteiger partial charge is 0.497 e. The molecule has 0 saturated carbocycles. The van der Waals surface area contributed by atoms with Gasteiger partial charge in [-0.2, -0.15) is 0 Å². The molecule has 5 nitrogen and oxygen atoms in total. The second kappa shape index (κ2) is 8.38. The minimum atomic E-state index is -0.501. The van der Waals surface area contributed by atoms with Crippen LogP contribution in [0.1, 0.15) is 0 Å². The van der Waals surface area contributed by atoms with E-state index in [4.69, 9.17) is 16.3 Å². The maximum atomic E-state index is 13.2. The Balaban J connectivity index is 1.48. The molecule has 7 heteroatoms. The van der Waals surface area contributed by atoms with Gasteiger partial charge in [0.15, 0.2) is 0 Å². The van der Waals surface area contributed by atoms with Gasteiger partial charge in [0.2, 0.25) is 5.91 Å². The van der Waals surface area contributed by atoms with Crippen molar-refractivity contribution in [2.24, 2.45) is 0 Å². The van der Waals surface area contributed by atoms with Crippen LogP contribution in [0.4, 0.5) is 15.8 Å². The van der Waals surface area contributed by atoms with Crippen molar-refractivity contribution in [1.82, 2.24) is 4.90 Å². The Kier molecular flexibility index (Phi) is 5.96. The maximum Gasteiger partial charge on any atom is 0.238 e. The first-order valence-corrected chi connectivity index (χ1v) is 8.79. The van der Waals surface area contributed by atoms with Crippen molar-refractivity contribution in [3.8, 4) is 5.75 Å². The number of hydrogen-bond acceptors (Lipinski definition) is 4. The topological polar surface area (TPSA) is 44.8 Å². The van der Waals surface area contributed by atoms with Crippen molar-refractivity contribution >= 4 is 28.9 Å². The van der Waals surface area contributed by atoms with Crippen molar-refractivity contribution in [2.45, 2.75) is 0 Å². The van der Waals surface area contributed by atoms with E-state index in [1.54, 1.807) is 7.11 Å². The first kappa shape index (κ1) is 18.5. The highest BCUT2D eigenvalue weighted by Crippen LogP contribution is 2.21. The molecule has 0 bridgehead atoms. The number of halogens is 2. The molecular weight excluding hydrogens is 357 g/mol. The van der Waals surface area contributed by atoms with E-state index in [2.05, 4.69) is 15.1 Å². The van der Waals surface area contributed by atoms with Gasteiger partial charge < -0.3 is 15.0 Å². The first-order chi connectivity index (χ1) is 12.5. The predicted octanol–water partition coefficient (Wildman–Crippen LogP) is 3.25. The van der Waals surface area contributed by atoms with Gasteiger partial charge in [-0.3, -0.25) is 9.69 Å². The molecule has 0 unspecified atom stereocenters. The molecule has 1 heterocycles. The lowest BCUT2D eigenvalue weighted by Crippen LogP contribution is -2.48. The lowest BCUT2D eigenvalue weighted by Gasteiger charge is -2.35. The van der Waals surface area contributed by atoms with Gasteiger partial charge in [0.05, 0.1) is 18.7 Å². The summed E-state index contributed by atoms with van der Waals surface area (Å²) in [4.78, 5) is 16.6. The number of piperazine rings is 1. The molecule has 26 heavy (non-hydrogen) atoms. The molecule has 1 aliphatic heterocycles. The number of carbonyl (C=O) groups is 1. The van der Waals surface area contributed by atoms with Gasteiger partial charge in [-0.1, -0.05) is 11.6 Å². The standard InChI is InChI=1S/C19H21ClFN3O2/c1-26-16-5-3-15(4-6-16)24-10-8-23(9-11-24)13-19(25)22-14-2-7-18(21)17(20)12-14/h2-7,12H,8-11,13H2,1H3,(H,22,25). The van der Waals surface area contributed by atoms with Crippen LogP contribution in [0.5, 0.6) is 5.75 Å². The number of methoxy groups -OCH3 is 1. The Morgan fingerprint density at radius 2 is 1.85 bits per heavy atom. The molecule has 0 aliphatic carbocycles. The Hall–Kier alpha value is -2.31. The summed E-state index contributed by atoms with van der Waals surface area (Å²) < 4.78 is 18.3. The van der Waals surface area contributed by atoms with Crippen LogP contribution in [-0.2, 0) is 4.79 Å². The van der Waals surface area contributed by atoms with Gasteiger partial charge in [0, 0.05) is 37.6 Å². The van der Waals surface area contributed by atoms with Crippen molar-refractivity contribution < 1.29 is 13.9 Å². The van der Waals surface area contributed by atoms with Gasteiger partial charge in [-0.15, -0.1) is 0 Å². The molecule has 0 aromatic heterocycles. The van der Waals surface area contributed by atoms with Crippen LogP contribution in [-0.4, -0.2) is 50.6 Å². The summed E-state index contributed by atoms with van der Waals surface area (Å²) in [5.41, 5.74) is 1.65. The number of benzene rings is 2. The lowest BCUT2D eigenvalue weighted by atomic mass is 10.2. The minimum absolute atomic E-state index is 0.00379. The van der Waals surface area contributed by atoms with E-state index in [-0.39, 0.29) is 10.9 Å². The normalized spacial score (nSPS) is 15.0. The summed E-state index contributed by atoms with van der Waals surface area (Å²) >= 11 is 5.73. The lowest BCUT2D eigenvalue weighted by molar-refractivity contribution is -0.117. The molecule has 0 spiro atoms. The summed E-state index contributed by atoms with van der Waals surface area (Å²) in [5.74, 6) is 0.204. The summed E-state index contributed by atoms with van der Waals surface area (Å²) in [7, 11) is 1.65. The monoisotopic (exact) mass is 377 g/mol. The summed E-state index contributed by atoms with van der Waals surface area (Å²) in [5, 5.41) is 2.75. The van der Waals surface area contributed by atoms with E-state index in [0.29, 0.717) is 12.2 Å². The van der Waals surface area contributed by atoms with Gasteiger partial charge >= 0.3 is 0 Å². The summed E-state index contributed by atoms with van der Waals surface area (Å²) in [6.45, 7) is 3.59. The fourth-order valence-electron chi connectivity index (χ4n) is 2.93. The molecule has 0 atom stereocenters. The van der Waals surface area contributed by atoms with Crippen LogP contribution in [0.25, 0.3) is 0 Å². The highest BCUT2D eigenvalue weighted by molar-refractivity contribution is 6.31. The third kappa shape index (κ3) is 4.65. The number of carbonyl (C=O) groups excluding carboxylic acids is 1. The average molecular weight is 378 g/mol. The Labute approximate surface area is 157 Å². The SMILES string of the molecule is COc1ccc(N2CCN(CC(=O)Nc3ccc(F)c(Cl)c3)CC2)cc1. The van der Waals surface area contributed by atoms with Crippen LogP contribution >= 0.6 is 11.6 Å². The molecule has 0 radical (unpaired) electrons. The quantitative estimate of drug-likeness (QED) is 0.868. The zero-order valence-electron chi connectivity index (χ0n) is 14.5. The average Bonchev–Trinajstić information content (AvgIpc) is 2.65. The molecule has 138 valence electrons. The smallest absolute Gasteiger partial charge is 0.238 e. The predicted molar refractivity (Wildman–Crippen MR) is 102 cm³/mol. The minimum Gasteiger partial charge on any atom is -0.497 e. The molecule has 2 aromatic carbocycles. The van der Waals surface area contributed by atoms with E-state index in [1.165, 1.54) is 18.2 Å². The zero-order valence-corrected chi connectivity index (χ0v) is 15.3. The fraction of sp³-hybridized carbons (Fsp3) is 0.316. The Morgan fingerprint density at radius 3 is 2.46 bits per heavy atom. The second-order valence-electron chi connectivity index (χ2n) is 6.14. The van der Waals surface area contributed by atoms with Crippen molar-refractivity contribution in [3.05, 3.63) is 53.3 Å². The summed E-state index contributed by atoms with van der Waals surface area (Å²) in [6.07, 6.45) is 0. The first-order valence-electron chi connectivity index (χ1n) is 8.41. The van der Waals surface area contributed by atoms with Gasteiger partial charge in [0.25, 0.3) is 0 Å². The van der Waals surface area contributed by atoms with Crippen molar-refractivity contribution in [2.75, 3.05) is 50.1 Å². The number of nitrogens with one attached hydrogen (secondary N) is 1. The summed E-state index contributed by atoms with van der Waals surface area (Å²) in [6, 6.07) is 12.1. The molecule has 1 aliphatic rings. The molecule has 3 rings (SSSR count). The van der Waals surface area contributed by atoms with Crippen LogP contribution in [0.2, 0.25) is 5.02 Å². The third-order valence-electron chi connectivity index (χ3n) is 4.38. The van der Waals surface area contributed by atoms with Crippen LogP contribution in [0.15, 0.2) is 42.5 Å². The van der Waals surface area contributed by atoms with Gasteiger partial charge in [0.1, 0.15) is 11.6 Å². The van der Waals surface area contributed by atoms with Crippen LogP contribution in [0.3, 0.4) is 0 Å². The van der Waals surface area contributed by atoms with Crippen molar-refractivity contribution in [1.29, 1.82) is 0 Å². The van der Waals surface area contributed by atoms with E-state index in [9.17, 15) is 9.18 Å². The van der Waals surface area contributed by atoms with Gasteiger partial charge in [-0.25, -0.2) is 4.39 Å². The molecular formula is C19H21ClFN3O2. The molecule has 1 fully saturated rings. The van der Waals surface area contributed by atoms with Crippen LogP contribution < -0.4 is 15.0 Å². The van der Waals surface area contributed by atoms with Gasteiger partial charge in [-0.05, 0) is 42.5 Å². The number of nitrogens with zero attached hydrogens (tertiary/aromatic N) is 2. The highest BCUT2D eigenvalue weighted by atomic mass is 35.5. The number of ether oxygens (including phenoxy) is 1. The Bertz CT molecular complexity index is 762. The molecule has 1 saturated heterocycles.